The molecule has 6 rings (SSSR count). The molecule has 2 fully saturated rings. The number of fused-ring (bicyclic) bond motifs is 1. The summed E-state index contributed by atoms with van der Waals surface area (Å²) in [5.41, 5.74) is 2.48. The van der Waals surface area contributed by atoms with E-state index in [-0.39, 0.29) is 44.3 Å². The van der Waals surface area contributed by atoms with Crippen molar-refractivity contribution >= 4 is 35.1 Å². The summed E-state index contributed by atoms with van der Waals surface area (Å²) < 4.78 is 88.8. The molecule has 0 spiro atoms. The lowest BCUT2D eigenvalue weighted by Gasteiger charge is -2.38. The fourth-order valence-corrected chi connectivity index (χ4v) is 7.12. The Morgan fingerprint density at radius 2 is 1.49 bits per heavy atom. The van der Waals surface area contributed by atoms with E-state index in [1.807, 2.05) is 24.3 Å². The van der Waals surface area contributed by atoms with Crippen molar-refractivity contribution in [1.82, 2.24) is 19.7 Å². The zero-order valence-electron chi connectivity index (χ0n) is 28.6. The number of likely N-dealkylation sites (tertiary alicyclic amines) is 2. The van der Waals surface area contributed by atoms with Crippen LogP contribution >= 0.6 is 0 Å². The Morgan fingerprint density at radius 1 is 0.887 bits per heavy atom. The number of hydrogen-bond acceptors (Lipinski definition) is 7. The van der Waals surface area contributed by atoms with Gasteiger partial charge < -0.3 is 35.8 Å². The molecule has 2 aromatic carbocycles. The Hall–Kier alpha value is -5.22. The van der Waals surface area contributed by atoms with E-state index in [1.165, 1.54) is 9.80 Å². The van der Waals surface area contributed by atoms with Crippen molar-refractivity contribution < 1.29 is 45.5 Å². The molecule has 53 heavy (non-hydrogen) atoms. The second kappa shape index (κ2) is 15.4. The molecule has 1 unspecified atom stereocenters. The topological polar surface area (TPSA) is 133 Å². The molecule has 11 nitrogen and oxygen atoms in total. The first-order valence-corrected chi connectivity index (χ1v) is 17.3. The van der Waals surface area contributed by atoms with Crippen LogP contribution in [0, 0.1) is 0 Å². The van der Waals surface area contributed by atoms with Gasteiger partial charge in [-0.2, -0.15) is 26.3 Å². The van der Waals surface area contributed by atoms with Gasteiger partial charge in [0, 0.05) is 75.0 Å². The highest BCUT2D eigenvalue weighted by Gasteiger charge is 2.42. The summed E-state index contributed by atoms with van der Waals surface area (Å²) >= 11 is 0. The number of rotatable bonds is 7. The summed E-state index contributed by atoms with van der Waals surface area (Å²) in [6.45, 7) is 1.15. The number of alkyl halides is 6. The van der Waals surface area contributed by atoms with Crippen LogP contribution in [0.1, 0.15) is 47.9 Å². The summed E-state index contributed by atoms with van der Waals surface area (Å²) in [7, 11) is 0. The molecule has 284 valence electrons. The van der Waals surface area contributed by atoms with E-state index >= 15 is 0 Å². The number of anilines is 3. The SMILES string of the molecule is Nc1c(C(F)(F)F)cc(CC(OC(=O)N2CCC(N3CCc4ccccc4NC3=O)CC2)C(=O)N2CCC(Nc3ccncc3)CC2)cc1C(F)(F)F. The van der Waals surface area contributed by atoms with Crippen molar-refractivity contribution in [2.45, 2.75) is 69.1 Å². The minimum atomic E-state index is -5.22. The lowest BCUT2D eigenvalue weighted by molar-refractivity contribution is -0.142. The maximum absolute atomic E-state index is 13.9. The van der Waals surface area contributed by atoms with Crippen molar-refractivity contribution in [1.29, 1.82) is 0 Å². The van der Waals surface area contributed by atoms with E-state index in [0.717, 1.165) is 16.9 Å². The second-order valence-corrected chi connectivity index (χ2v) is 13.4. The average molecular weight is 748 g/mol. The fraction of sp³-hybridized carbons (Fsp3) is 0.444. The smallest absolute Gasteiger partial charge is 0.418 e. The van der Waals surface area contributed by atoms with Gasteiger partial charge in [-0.3, -0.25) is 9.78 Å². The Balaban J connectivity index is 1.16. The number of piperidine rings is 2. The first-order valence-electron chi connectivity index (χ1n) is 17.3. The van der Waals surface area contributed by atoms with Crippen molar-refractivity contribution in [2.24, 2.45) is 0 Å². The molecule has 0 radical (unpaired) electrons. The van der Waals surface area contributed by atoms with Crippen LogP contribution in [0.5, 0.6) is 0 Å². The third-order valence-electron chi connectivity index (χ3n) is 9.95. The molecule has 4 amide bonds. The molecule has 4 heterocycles. The molecule has 17 heteroatoms. The number of pyridine rings is 1. The van der Waals surface area contributed by atoms with Gasteiger partial charge in [-0.25, -0.2) is 9.59 Å². The van der Waals surface area contributed by atoms with Gasteiger partial charge >= 0.3 is 24.5 Å². The number of urea groups is 1. The summed E-state index contributed by atoms with van der Waals surface area (Å²) in [5, 5.41) is 6.27. The number of para-hydroxylation sites is 1. The maximum atomic E-state index is 13.9. The predicted molar refractivity (Wildman–Crippen MR) is 183 cm³/mol. The Morgan fingerprint density at radius 3 is 2.11 bits per heavy atom. The molecule has 3 aromatic rings. The molecule has 3 aliphatic rings. The quantitative estimate of drug-likeness (QED) is 0.188. The first-order chi connectivity index (χ1) is 25.2. The Kier molecular flexibility index (Phi) is 10.9. The number of amides is 4. The fourth-order valence-electron chi connectivity index (χ4n) is 7.12. The van der Waals surface area contributed by atoms with Crippen LogP contribution in [-0.2, 0) is 34.7 Å². The summed E-state index contributed by atoms with van der Waals surface area (Å²) in [6.07, 6.45) is -8.25. The van der Waals surface area contributed by atoms with Crippen LogP contribution < -0.4 is 16.4 Å². The number of hydrogen-bond donors (Lipinski definition) is 3. The van der Waals surface area contributed by atoms with E-state index in [2.05, 4.69) is 15.6 Å². The highest BCUT2D eigenvalue weighted by Crippen LogP contribution is 2.42. The van der Waals surface area contributed by atoms with Crippen molar-refractivity contribution in [2.75, 3.05) is 49.1 Å². The molecule has 1 aromatic heterocycles. The van der Waals surface area contributed by atoms with Crippen LogP contribution in [0.3, 0.4) is 0 Å². The van der Waals surface area contributed by atoms with Crippen molar-refractivity contribution in [3.63, 3.8) is 0 Å². The number of nitrogen functional groups attached to an aromatic ring is 1. The summed E-state index contributed by atoms with van der Waals surface area (Å²) in [5.74, 6) is -0.740. The molecule has 4 N–H and O–H groups in total. The van der Waals surface area contributed by atoms with Gasteiger partial charge in [-0.05, 0) is 73.6 Å². The molecular formula is C36H39F6N7O4. The van der Waals surface area contributed by atoms with E-state index in [1.54, 1.807) is 29.4 Å². The van der Waals surface area contributed by atoms with Gasteiger partial charge in [0.1, 0.15) is 0 Å². The number of aromatic nitrogens is 1. The van der Waals surface area contributed by atoms with Crippen LogP contribution in [0.2, 0.25) is 0 Å². The van der Waals surface area contributed by atoms with Crippen LogP contribution in [-0.4, -0.2) is 88.6 Å². The average Bonchev–Trinajstić information content (AvgIpc) is 3.29. The highest BCUT2D eigenvalue weighted by atomic mass is 19.4. The molecule has 3 aliphatic heterocycles. The van der Waals surface area contributed by atoms with Gasteiger partial charge in [0.2, 0.25) is 0 Å². The minimum Gasteiger partial charge on any atom is -0.436 e. The third-order valence-corrected chi connectivity index (χ3v) is 9.95. The van der Waals surface area contributed by atoms with Gasteiger partial charge in [0.05, 0.1) is 16.8 Å². The predicted octanol–water partition coefficient (Wildman–Crippen LogP) is 6.41. The lowest BCUT2D eigenvalue weighted by atomic mass is 9.97. The summed E-state index contributed by atoms with van der Waals surface area (Å²) in [6, 6.07) is 11.5. The van der Waals surface area contributed by atoms with Crippen molar-refractivity contribution in [3.05, 3.63) is 83.2 Å². The van der Waals surface area contributed by atoms with Crippen LogP contribution in [0.25, 0.3) is 0 Å². The monoisotopic (exact) mass is 747 g/mol. The number of nitrogens with one attached hydrogen (secondary N) is 2. The van der Waals surface area contributed by atoms with Gasteiger partial charge in [-0.1, -0.05) is 18.2 Å². The van der Waals surface area contributed by atoms with Crippen LogP contribution in [0.4, 0.5) is 53.0 Å². The molecular weight excluding hydrogens is 708 g/mol. The Labute approximate surface area is 301 Å². The number of ether oxygens (including phenoxy) is 1. The van der Waals surface area contributed by atoms with Gasteiger partial charge in [-0.15, -0.1) is 0 Å². The number of nitrogens with two attached hydrogens (primary N) is 1. The zero-order chi connectivity index (χ0) is 37.9. The van der Waals surface area contributed by atoms with E-state index < -0.39 is 59.3 Å². The maximum Gasteiger partial charge on any atom is 0.418 e. The number of carbonyl (C=O) groups is 3. The highest BCUT2D eigenvalue weighted by molar-refractivity contribution is 5.91. The number of benzene rings is 2. The zero-order valence-corrected chi connectivity index (χ0v) is 28.6. The van der Waals surface area contributed by atoms with Gasteiger partial charge in [0.25, 0.3) is 5.91 Å². The number of halogens is 6. The molecule has 1 atom stereocenters. The lowest BCUT2D eigenvalue weighted by Crippen LogP contribution is -2.52. The Bertz CT molecular complexity index is 1760. The van der Waals surface area contributed by atoms with E-state index in [0.29, 0.717) is 50.8 Å². The molecule has 0 aliphatic carbocycles. The molecule has 0 saturated carbocycles. The molecule has 2 saturated heterocycles. The normalized spacial score (nSPS) is 18.2. The van der Waals surface area contributed by atoms with Crippen LogP contribution in [0.15, 0.2) is 60.9 Å². The van der Waals surface area contributed by atoms with E-state index in [4.69, 9.17) is 10.5 Å². The number of carbonyl (C=O) groups excluding carboxylic acids is 3. The second-order valence-electron chi connectivity index (χ2n) is 13.4. The first kappa shape index (κ1) is 37.5. The summed E-state index contributed by atoms with van der Waals surface area (Å²) in [4.78, 5) is 48.9. The standard InChI is InChI=1S/C36H39F6N7O4/c37-35(38,39)27-19-22(20-28(31(27)43)36(40,41)42)21-30(32(50)47-14-8-25(9-15-47)45-24-5-12-44-13-6-24)53-34(52)48-16-10-26(11-17-48)49-18-7-23-3-1-2-4-29(23)46-33(49)51/h1-6,12-13,19-20,25-26,30H,7-11,14-18,21,43H2,(H,44,45)(H,46,51). The largest absolute Gasteiger partial charge is 0.436 e. The molecule has 0 bridgehead atoms. The van der Waals surface area contributed by atoms with Crippen molar-refractivity contribution in [3.8, 4) is 0 Å². The minimum absolute atomic E-state index is 0.0232. The third kappa shape index (κ3) is 8.88. The van der Waals surface area contributed by atoms with E-state index in [9.17, 15) is 40.7 Å². The number of nitrogens with zero attached hydrogens (tertiary/aromatic N) is 4. The van der Waals surface area contributed by atoms with Gasteiger partial charge in [0.15, 0.2) is 6.10 Å².